The molecule has 174 valence electrons. The summed E-state index contributed by atoms with van der Waals surface area (Å²) < 4.78 is 0. The van der Waals surface area contributed by atoms with Crippen molar-refractivity contribution >= 4 is 17.6 Å². The summed E-state index contributed by atoms with van der Waals surface area (Å²) >= 11 is 0. The number of hydrogen-bond acceptors (Lipinski definition) is 3. The molecule has 2 saturated carbocycles. The molecule has 0 heterocycles. The van der Waals surface area contributed by atoms with E-state index in [2.05, 4.69) is 36.2 Å². The molecule has 5 heteroatoms. The van der Waals surface area contributed by atoms with Crippen LogP contribution in [0.4, 0.5) is 5.69 Å². The first-order chi connectivity index (χ1) is 15.9. The zero-order chi connectivity index (χ0) is 23.4. The lowest BCUT2D eigenvalue weighted by molar-refractivity contribution is -0.143. The number of nitrogens with zero attached hydrogens (tertiary/aromatic N) is 1. The second-order valence-corrected chi connectivity index (χ2v) is 9.81. The maximum atomic E-state index is 13.5. The van der Waals surface area contributed by atoms with Gasteiger partial charge in [0.05, 0.1) is 11.3 Å². The summed E-state index contributed by atoms with van der Waals surface area (Å²) in [7, 11) is 1.99. The fraction of sp³-hybridized carbons (Fsp3) is 0.429. The fourth-order valence-electron chi connectivity index (χ4n) is 5.10. The van der Waals surface area contributed by atoms with Gasteiger partial charge < -0.3 is 15.3 Å². The molecule has 2 aromatic carbocycles. The van der Waals surface area contributed by atoms with Crippen molar-refractivity contribution in [1.82, 2.24) is 4.90 Å². The van der Waals surface area contributed by atoms with Gasteiger partial charge in [-0.15, -0.1) is 0 Å². The standard InChI is InChI=1S/C28H34N2O3/c1-3-30(2)19-20-11-13-23(14-12-20)25(22-8-4-5-9-22)26(31)29-24-10-6-7-21(17-24)18-28(15-16-28)27(32)33/h3,6-7,10-14,17,22,25H,1,4-5,8-9,15-16,18-19H2,2H3,(H,29,31)(H,32,33)/t25-/m0/s1. The molecule has 5 nitrogen and oxygen atoms in total. The number of amides is 1. The van der Waals surface area contributed by atoms with Crippen molar-refractivity contribution in [2.45, 2.75) is 57.4 Å². The largest absolute Gasteiger partial charge is 0.481 e. The molecule has 2 fully saturated rings. The third-order valence-corrected chi connectivity index (χ3v) is 7.28. The third kappa shape index (κ3) is 5.47. The molecule has 1 atom stereocenters. The van der Waals surface area contributed by atoms with E-state index in [4.69, 9.17) is 0 Å². The minimum absolute atomic E-state index is 0.0226. The average Bonchev–Trinajstić information content (AvgIpc) is 3.39. The van der Waals surface area contributed by atoms with Crippen molar-refractivity contribution in [3.05, 3.63) is 78.0 Å². The van der Waals surface area contributed by atoms with E-state index in [9.17, 15) is 14.7 Å². The van der Waals surface area contributed by atoms with Gasteiger partial charge in [0.1, 0.15) is 0 Å². The first kappa shape index (κ1) is 23.1. The highest BCUT2D eigenvalue weighted by atomic mass is 16.4. The van der Waals surface area contributed by atoms with Gasteiger partial charge >= 0.3 is 5.97 Å². The van der Waals surface area contributed by atoms with E-state index in [-0.39, 0.29) is 11.8 Å². The van der Waals surface area contributed by atoms with Crippen LogP contribution in [0.2, 0.25) is 0 Å². The van der Waals surface area contributed by atoms with Crippen LogP contribution in [-0.2, 0) is 22.6 Å². The minimum atomic E-state index is -0.721. The normalized spacial score (nSPS) is 17.8. The third-order valence-electron chi connectivity index (χ3n) is 7.28. The van der Waals surface area contributed by atoms with Crippen LogP contribution in [0.3, 0.4) is 0 Å². The molecule has 0 bridgehead atoms. The van der Waals surface area contributed by atoms with Gasteiger partial charge in [-0.05, 0) is 73.0 Å². The van der Waals surface area contributed by atoms with Gasteiger partial charge in [0, 0.05) is 19.3 Å². The Kier molecular flexibility index (Phi) is 6.87. The Labute approximate surface area is 196 Å². The van der Waals surface area contributed by atoms with Crippen molar-refractivity contribution in [2.75, 3.05) is 12.4 Å². The van der Waals surface area contributed by atoms with Crippen LogP contribution in [-0.4, -0.2) is 28.9 Å². The van der Waals surface area contributed by atoms with Gasteiger partial charge in [-0.2, -0.15) is 0 Å². The molecule has 2 aliphatic carbocycles. The van der Waals surface area contributed by atoms with E-state index in [0.29, 0.717) is 12.3 Å². The smallest absolute Gasteiger partial charge is 0.309 e. The number of carbonyl (C=O) groups excluding carboxylic acids is 1. The first-order valence-electron chi connectivity index (χ1n) is 11.9. The Balaban J connectivity index is 1.50. The second-order valence-electron chi connectivity index (χ2n) is 9.81. The second kappa shape index (κ2) is 9.82. The first-order valence-corrected chi connectivity index (χ1v) is 11.9. The number of nitrogens with one attached hydrogen (secondary N) is 1. The molecule has 0 spiro atoms. The maximum Gasteiger partial charge on any atom is 0.309 e. The molecule has 0 saturated heterocycles. The fourth-order valence-corrected chi connectivity index (χ4v) is 5.10. The average molecular weight is 447 g/mol. The summed E-state index contributed by atoms with van der Waals surface area (Å²) in [5.41, 5.74) is 3.33. The molecular weight excluding hydrogens is 412 g/mol. The topological polar surface area (TPSA) is 69.6 Å². The number of carbonyl (C=O) groups is 2. The monoisotopic (exact) mass is 446 g/mol. The molecule has 0 radical (unpaired) electrons. The highest BCUT2D eigenvalue weighted by Gasteiger charge is 2.49. The minimum Gasteiger partial charge on any atom is -0.481 e. The quantitative estimate of drug-likeness (QED) is 0.500. The molecule has 0 aliphatic heterocycles. The van der Waals surface area contributed by atoms with E-state index in [1.165, 1.54) is 18.4 Å². The number of aliphatic carboxylic acids is 1. The number of carboxylic acid groups (broad SMARTS) is 1. The van der Waals surface area contributed by atoms with Gasteiger partial charge in [-0.1, -0.05) is 55.8 Å². The van der Waals surface area contributed by atoms with Crippen molar-refractivity contribution in [3.8, 4) is 0 Å². The van der Waals surface area contributed by atoms with Crippen LogP contribution in [0.5, 0.6) is 0 Å². The number of benzene rings is 2. The van der Waals surface area contributed by atoms with Gasteiger partial charge in [0.25, 0.3) is 0 Å². The van der Waals surface area contributed by atoms with Gasteiger partial charge in [0.2, 0.25) is 5.91 Å². The molecule has 2 N–H and O–H groups in total. The van der Waals surface area contributed by atoms with Crippen LogP contribution >= 0.6 is 0 Å². The molecule has 1 amide bonds. The molecule has 4 rings (SSSR count). The summed E-state index contributed by atoms with van der Waals surface area (Å²) in [5, 5.41) is 12.6. The van der Waals surface area contributed by atoms with E-state index in [1.54, 1.807) is 6.20 Å². The lowest BCUT2D eigenvalue weighted by atomic mass is 9.83. The van der Waals surface area contributed by atoms with E-state index >= 15 is 0 Å². The van der Waals surface area contributed by atoms with Gasteiger partial charge in [-0.25, -0.2) is 0 Å². The lowest BCUT2D eigenvalue weighted by Gasteiger charge is -2.24. The Morgan fingerprint density at radius 1 is 1.15 bits per heavy atom. The molecule has 0 unspecified atom stereocenters. The molecule has 0 aromatic heterocycles. The molecular formula is C28H34N2O3. The maximum absolute atomic E-state index is 13.5. The Hall–Kier alpha value is -3.08. The van der Waals surface area contributed by atoms with Crippen LogP contribution in [0.1, 0.15) is 61.1 Å². The van der Waals surface area contributed by atoms with Crippen molar-refractivity contribution < 1.29 is 14.7 Å². The Bertz CT molecular complexity index is 1000. The highest BCUT2D eigenvalue weighted by Crippen LogP contribution is 2.48. The van der Waals surface area contributed by atoms with Crippen molar-refractivity contribution in [2.24, 2.45) is 11.3 Å². The summed E-state index contributed by atoms with van der Waals surface area (Å²) in [6.45, 7) is 4.59. The summed E-state index contributed by atoms with van der Waals surface area (Å²) in [5.74, 6) is -0.539. The van der Waals surface area contributed by atoms with Crippen LogP contribution in [0.15, 0.2) is 61.3 Å². The predicted octanol–water partition coefficient (Wildman–Crippen LogP) is 5.58. The predicted molar refractivity (Wildman–Crippen MR) is 131 cm³/mol. The van der Waals surface area contributed by atoms with E-state index in [1.807, 2.05) is 36.2 Å². The number of rotatable bonds is 10. The molecule has 2 aliphatic rings. The summed E-state index contributed by atoms with van der Waals surface area (Å²) in [4.78, 5) is 27.1. The summed E-state index contributed by atoms with van der Waals surface area (Å²) in [6.07, 6.45) is 8.24. The molecule has 33 heavy (non-hydrogen) atoms. The van der Waals surface area contributed by atoms with E-state index in [0.717, 1.165) is 49.0 Å². The van der Waals surface area contributed by atoms with Crippen LogP contribution in [0, 0.1) is 11.3 Å². The number of anilines is 1. The van der Waals surface area contributed by atoms with E-state index < -0.39 is 11.4 Å². The van der Waals surface area contributed by atoms with Crippen LogP contribution in [0.25, 0.3) is 0 Å². The SMILES string of the molecule is C=CN(C)Cc1ccc([C@@H](C(=O)Nc2cccc(CC3(C(=O)O)CC3)c2)C2CCCC2)cc1. The van der Waals surface area contributed by atoms with Crippen molar-refractivity contribution in [1.29, 1.82) is 0 Å². The molecule has 2 aromatic rings. The highest BCUT2D eigenvalue weighted by molar-refractivity contribution is 5.96. The number of carboxylic acids is 1. The van der Waals surface area contributed by atoms with Crippen molar-refractivity contribution in [3.63, 3.8) is 0 Å². The van der Waals surface area contributed by atoms with Gasteiger partial charge in [-0.3, -0.25) is 9.59 Å². The Morgan fingerprint density at radius 2 is 1.85 bits per heavy atom. The zero-order valence-corrected chi connectivity index (χ0v) is 19.4. The lowest BCUT2D eigenvalue weighted by Crippen LogP contribution is -2.26. The van der Waals surface area contributed by atoms with Crippen LogP contribution < -0.4 is 5.32 Å². The number of hydrogen-bond donors (Lipinski definition) is 2. The summed E-state index contributed by atoms with van der Waals surface area (Å²) in [6, 6.07) is 16.1. The zero-order valence-electron chi connectivity index (χ0n) is 19.4. The van der Waals surface area contributed by atoms with Gasteiger partial charge in [0.15, 0.2) is 0 Å². The Morgan fingerprint density at radius 3 is 2.45 bits per heavy atom.